The summed E-state index contributed by atoms with van der Waals surface area (Å²) in [5.41, 5.74) is 1.80. The van der Waals surface area contributed by atoms with Gasteiger partial charge in [0.2, 0.25) is 5.91 Å². The standard InChI is InChI=1S/C20H22N2O4/c1-3-18(23)14-8-10-17(11-9-14)26-13-20(25)22-16-7-5-6-15(12-16)21-19(24)4-2/h5-12H,3-4,13H2,1-2H3,(H,21,24)(H,22,25). The number of rotatable bonds is 8. The molecule has 0 unspecified atom stereocenters. The van der Waals surface area contributed by atoms with Crippen molar-refractivity contribution >= 4 is 29.0 Å². The van der Waals surface area contributed by atoms with Crippen molar-refractivity contribution in [3.8, 4) is 5.75 Å². The van der Waals surface area contributed by atoms with Crippen LogP contribution in [-0.2, 0) is 9.59 Å². The van der Waals surface area contributed by atoms with Crippen molar-refractivity contribution in [2.45, 2.75) is 26.7 Å². The number of amides is 2. The monoisotopic (exact) mass is 354 g/mol. The number of anilines is 2. The zero-order valence-electron chi connectivity index (χ0n) is 14.9. The third-order valence-corrected chi connectivity index (χ3v) is 3.62. The van der Waals surface area contributed by atoms with Crippen molar-refractivity contribution in [2.24, 2.45) is 0 Å². The molecule has 6 nitrogen and oxygen atoms in total. The van der Waals surface area contributed by atoms with Gasteiger partial charge in [0.05, 0.1) is 0 Å². The molecule has 0 aromatic heterocycles. The maximum atomic E-state index is 12.0. The predicted molar refractivity (Wildman–Crippen MR) is 101 cm³/mol. The third-order valence-electron chi connectivity index (χ3n) is 3.62. The lowest BCUT2D eigenvalue weighted by Crippen LogP contribution is -2.20. The summed E-state index contributed by atoms with van der Waals surface area (Å²) >= 11 is 0. The number of Topliss-reactive ketones (excluding diaryl/α,β-unsaturated/α-hetero) is 1. The van der Waals surface area contributed by atoms with Crippen LogP contribution in [0.2, 0.25) is 0 Å². The molecule has 0 aliphatic heterocycles. The van der Waals surface area contributed by atoms with Gasteiger partial charge >= 0.3 is 0 Å². The molecule has 0 saturated heterocycles. The van der Waals surface area contributed by atoms with Gasteiger partial charge in [-0.15, -0.1) is 0 Å². The molecule has 0 saturated carbocycles. The Morgan fingerprint density at radius 1 is 0.846 bits per heavy atom. The molecule has 0 radical (unpaired) electrons. The first-order valence-corrected chi connectivity index (χ1v) is 8.47. The van der Waals surface area contributed by atoms with E-state index in [1.165, 1.54) is 0 Å². The van der Waals surface area contributed by atoms with Crippen LogP contribution >= 0.6 is 0 Å². The summed E-state index contributed by atoms with van der Waals surface area (Å²) in [7, 11) is 0. The van der Waals surface area contributed by atoms with E-state index < -0.39 is 0 Å². The lowest BCUT2D eigenvalue weighted by molar-refractivity contribution is -0.118. The molecule has 0 spiro atoms. The number of benzene rings is 2. The number of ketones is 1. The second kappa shape index (κ2) is 9.36. The van der Waals surface area contributed by atoms with E-state index in [4.69, 9.17) is 4.74 Å². The SMILES string of the molecule is CCC(=O)Nc1cccc(NC(=O)COc2ccc(C(=O)CC)cc2)c1. The molecular weight excluding hydrogens is 332 g/mol. The minimum Gasteiger partial charge on any atom is -0.484 e. The molecule has 0 fully saturated rings. The van der Waals surface area contributed by atoms with Crippen LogP contribution in [0.3, 0.4) is 0 Å². The van der Waals surface area contributed by atoms with Gasteiger partial charge in [-0.2, -0.15) is 0 Å². The van der Waals surface area contributed by atoms with Crippen LogP contribution in [0, 0.1) is 0 Å². The average molecular weight is 354 g/mol. The van der Waals surface area contributed by atoms with Crippen LogP contribution in [0.5, 0.6) is 5.75 Å². The predicted octanol–water partition coefficient (Wildman–Crippen LogP) is 3.65. The normalized spacial score (nSPS) is 10.1. The lowest BCUT2D eigenvalue weighted by atomic mass is 10.1. The molecule has 0 heterocycles. The van der Waals surface area contributed by atoms with E-state index in [-0.39, 0.29) is 24.2 Å². The first-order valence-electron chi connectivity index (χ1n) is 8.47. The highest BCUT2D eigenvalue weighted by Crippen LogP contribution is 2.16. The van der Waals surface area contributed by atoms with Crippen LogP contribution in [0.25, 0.3) is 0 Å². The highest BCUT2D eigenvalue weighted by molar-refractivity contribution is 5.96. The second-order valence-corrected chi connectivity index (χ2v) is 5.62. The van der Waals surface area contributed by atoms with Gasteiger partial charge in [0, 0.05) is 29.8 Å². The minimum atomic E-state index is -0.322. The molecule has 0 atom stereocenters. The molecule has 6 heteroatoms. The molecule has 26 heavy (non-hydrogen) atoms. The molecule has 2 rings (SSSR count). The Morgan fingerprint density at radius 2 is 1.46 bits per heavy atom. The van der Waals surface area contributed by atoms with Crippen LogP contribution in [0.1, 0.15) is 37.0 Å². The molecule has 2 N–H and O–H groups in total. The molecule has 0 aliphatic rings. The Morgan fingerprint density at radius 3 is 2.04 bits per heavy atom. The Kier molecular flexibility index (Phi) is 6.91. The van der Waals surface area contributed by atoms with E-state index in [0.29, 0.717) is 35.5 Å². The van der Waals surface area contributed by atoms with Crippen LogP contribution in [-0.4, -0.2) is 24.2 Å². The Bertz CT molecular complexity index is 785. The summed E-state index contributed by atoms with van der Waals surface area (Å²) in [6.45, 7) is 3.41. The summed E-state index contributed by atoms with van der Waals surface area (Å²) in [5, 5.41) is 5.45. The maximum Gasteiger partial charge on any atom is 0.262 e. The number of hydrogen-bond acceptors (Lipinski definition) is 4. The van der Waals surface area contributed by atoms with Gasteiger partial charge in [0.25, 0.3) is 5.91 Å². The summed E-state index contributed by atoms with van der Waals surface area (Å²) in [4.78, 5) is 35.0. The van der Waals surface area contributed by atoms with E-state index in [1.807, 2.05) is 0 Å². The zero-order valence-corrected chi connectivity index (χ0v) is 14.9. The largest absolute Gasteiger partial charge is 0.484 e. The summed E-state index contributed by atoms with van der Waals surface area (Å²) < 4.78 is 5.43. The second-order valence-electron chi connectivity index (χ2n) is 5.62. The molecule has 2 amide bonds. The van der Waals surface area contributed by atoms with Crippen molar-refractivity contribution in [3.63, 3.8) is 0 Å². The minimum absolute atomic E-state index is 0.0596. The van der Waals surface area contributed by atoms with Gasteiger partial charge in [0.1, 0.15) is 5.75 Å². The molecule has 0 bridgehead atoms. The van der Waals surface area contributed by atoms with Crippen molar-refractivity contribution in [3.05, 3.63) is 54.1 Å². The smallest absolute Gasteiger partial charge is 0.262 e. The van der Waals surface area contributed by atoms with Crippen molar-refractivity contribution in [1.29, 1.82) is 0 Å². The zero-order chi connectivity index (χ0) is 18.9. The number of ether oxygens (including phenoxy) is 1. The number of hydrogen-bond donors (Lipinski definition) is 2. The van der Waals surface area contributed by atoms with Crippen LogP contribution in [0.4, 0.5) is 11.4 Å². The van der Waals surface area contributed by atoms with Crippen LogP contribution < -0.4 is 15.4 Å². The van der Waals surface area contributed by atoms with Crippen molar-refractivity contribution < 1.29 is 19.1 Å². The summed E-state index contributed by atoms with van der Waals surface area (Å²) in [6, 6.07) is 13.6. The Labute approximate surface area is 152 Å². The van der Waals surface area contributed by atoms with Crippen LogP contribution in [0.15, 0.2) is 48.5 Å². The number of carbonyl (C=O) groups excluding carboxylic acids is 3. The van der Waals surface area contributed by atoms with Gasteiger partial charge in [0.15, 0.2) is 12.4 Å². The first-order chi connectivity index (χ1) is 12.5. The Hall–Kier alpha value is -3.15. The van der Waals surface area contributed by atoms with E-state index >= 15 is 0 Å². The van der Waals surface area contributed by atoms with E-state index in [9.17, 15) is 14.4 Å². The summed E-state index contributed by atoms with van der Waals surface area (Å²) in [6.07, 6.45) is 0.827. The highest BCUT2D eigenvalue weighted by atomic mass is 16.5. The van der Waals surface area contributed by atoms with E-state index in [2.05, 4.69) is 10.6 Å². The van der Waals surface area contributed by atoms with Gasteiger partial charge < -0.3 is 15.4 Å². The lowest BCUT2D eigenvalue weighted by Gasteiger charge is -2.10. The highest BCUT2D eigenvalue weighted by Gasteiger charge is 2.07. The molecule has 0 aliphatic carbocycles. The van der Waals surface area contributed by atoms with Gasteiger partial charge in [-0.1, -0.05) is 19.9 Å². The van der Waals surface area contributed by atoms with Gasteiger partial charge in [-0.3, -0.25) is 14.4 Å². The van der Waals surface area contributed by atoms with E-state index in [0.717, 1.165) is 0 Å². The first kappa shape index (κ1) is 19.2. The average Bonchev–Trinajstić information content (AvgIpc) is 2.66. The topological polar surface area (TPSA) is 84.5 Å². The van der Waals surface area contributed by atoms with E-state index in [1.54, 1.807) is 62.4 Å². The molecule has 2 aromatic rings. The summed E-state index contributed by atoms with van der Waals surface area (Å²) in [5.74, 6) is 0.153. The number of carbonyl (C=O) groups is 3. The van der Waals surface area contributed by atoms with Gasteiger partial charge in [-0.25, -0.2) is 0 Å². The fourth-order valence-electron chi connectivity index (χ4n) is 2.21. The Balaban J connectivity index is 1.88. The fraction of sp³-hybridized carbons (Fsp3) is 0.250. The molecule has 136 valence electrons. The van der Waals surface area contributed by atoms with Gasteiger partial charge in [-0.05, 0) is 42.5 Å². The quantitative estimate of drug-likeness (QED) is 0.709. The number of nitrogens with one attached hydrogen (secondary N) is 2. The molecular formula is C20H22N2O4. The fourth-order valence-corrected chi connectivity index (χ4v) is 2.21. The third kappa shape index (κ3) is 5.73. The van der Waals surface area contributed by atoms with Crippen molar-refractivity contribution in [1.82, 2.24) is 0 Å². The molecule has 2 aromatic carbocycles. The maximum absolute atomic E-state index is 12.0. The van der Waals surface area contributed by atoms with Crippen molar-refractivity contribution in [2.75, 3.05) is 17.2 Å².